The summed E-state index contributed by atoms with van der Waals surface area (Å²) in [7, 11) is 0. The highest BCUT2D eigenvalue weighted by Crippen LogP contribution is 2.17. The number of halogens is 1. The number of hydrogen-bond acceptors (Lipinski definition) is 1. The van der Waals surface area contributed by atoms with Crippen molar-refractivity contribution < 1.29 is 15.2 Å². The monoisotopic (exact) mass is 158 g/mol. The summed E-state index contributed by atoms with van der Waals surface area (Å²) in [4.78, 5) is 0. The van der Waals surface area contributed by atoms with Gasteiger partial charge < -0.3 is 10.8 Å². The summed E-state index contributed by atoms with van der Waals surface area (Å²) in [5, 5.41) is 8.80. The third kappa shape index (κ3) is 3.00. The molecule has 1 rings (SSSR count). The molecular formula is C8H13FNO+. The molecule has 11 heavy (non-hydrogen) atoms. The van der Waals surface area contributed by atoms with Gasteiger partial charge in [0.05, 0.1) is 0 Å². The fourth-order valence-corrected chi connectivity index (χ4v) is 0.537. The van der Waals surface area contributed by atoms with Gasteiger partial charge >= 0.3 is 0 Å². The largest absolute Gasteiger partial charge is 0.503 e. The van der Waals surface area contributed by atoms with Crippen LogP contribution in [-0.4, -0.2) is 5.11 Å². The van der Waals surface area contributed by atoms with Crippen LogP contribution in [0, 0.1) is 5.82 Å². The lowest BCUT2D eigenvalue weighted by molar-refractivity contribution is -0.256. The van der Waals surface area contributed by atoms with E-state index < -0.39 is 5.82 Å². The fraction of sp³-hybridized carbons (Fsp3) is 0.250. The predicted molar refractivity (Wildman–Crippen MR) is 42.0 cm³/mol. The third-order valence-electron chi connectivity index (χ3n) is 1.05. The van der Waals surface area contributed by atoms with Gasteiger partial charge in [-0.3, -0.25) is 0 Å². The van der Waals surface area contributed by atoms with Crippen LogP contribution >= 0.6 is 0 Å². The standard InChI is InChI=1S/C6H6FNO.C2H6/c7-4-1-2-5(8)6(9)3-4;1-2/h1-3,9H,8H2;1-2H3/p+1. The second-order valence-electron chi connectivity index (χ2n) is 1.77. The van der Waals surface area contributed by atoms with Gasteiger partial charge in [-0.2, -0.15) is 0 Å². The third-order valence-corrected chi connectivity index (χ3v) is 1.05. The van der Waals surface area contributed by atoms with Crippen molar-refractivity contribution in [2.24, 2.45) is 0 Å². The Morgan fingerprint density at radius 3 is 2.27 bits per heavy atom. The van der Waals surface area contributed by atoms with Crippen LogP contribution in [-0.2, 0) is 0 Å². The first-order chi connectivity index (χ1) is 5.20. The van der Waals surface area contributed by atoms with Crippen molar-refractivity contribution in [3.8, 4) is 5.75 Å². The fourth-order valence-electron chi connectivity index (χ4n) is 0.537. The van der Waals surface area contributed by atoms with E-state index >= 15 is 0 Å². The molecule has 2 nitrogen and oxygen atoms in total. The minimum atomic E-state index is -0.445. The van der Waals surface area contributed by atoms with Crippen molar-refractivity contribution in [1.29, 1.82) is 0 Å². The summed E-state index contributed by atoms with van der Waals surface area (Å²) in [6.45, 7) is 4.00. The number of hydrogen-bond donors (Lipinski definition) is 2. The van der Waals surface area contributed by atoms with Gasteiger partial charge in [0.25, 0.3) is 0 Å². The second-order valence-corrected chi connectivity index (χ2v) is 1.77. The van der Waals surface area contributed by atoms with Crippen molar-refractivity contribution in [3.63, 3.8) is 0 Å². The highest BCUT2D eigenvalue weighted by Gasteiger charge is 1.98. The summed E-state index contributed by atoms with van der Waals surface area (Å²) in [6, 6.07) is 3.70. The minimum absolute atomic E-state index is 0.102. The van der Waals surface area contributed by atoms with Crippen molar-refractivity contribution in [2.45, 2.75) is 13.8 Å². The Morgan fingerprint density at radius 2 is 1.91 bits per heavy atom. The Hall–Kier alpha value is -1.09. The van der Waals surface area contributed by atoms with Gasteiger partial charge in [-0.05, 0) is 6.07 Å². The normalized spacial score (nSPS) is 8.36. The van der Waals surface area contributed by atoms with Crippen molar-refractivity contribution in [2.75, 3.05) is 0 Å². The lowest BCUT2D eigenvalue weighted by Gasteiger charge is -1.91. The van der Waals surface area contributed by atoms with E-state index in [-0.39, 0.29) is 5.75 Å². The van der Waals surface area contributed by atoms with Crippen LogP contribution in [0.1, 0.15) is 13.8 Å². The molecule has 62 valence electrons. The van der Waals surface area contributed by atoms with Crippen LogP contribution < -0.4 is 5.73 Å². The Labute approximate surface area is 65.5 Å². The maximum Gasteiger partial charge on any atom is 0.179 e. The zero-order chi connectivity index (χ0) is 8.85. The highest BCUT2D eigenvalue weighted by molar-refractivity contribution is 5.43. The van der Waals surface area contributed by atoms with Crippen molar-refractivity contribution in [3.05, 3.63) is 24.0 Å². The molecule has 0 saturated carbocycles. The molecule has 0 amide bonds. The molecule has 4 N–H and O–H groups in total. The summed E-state index contributed by atoms with van der Waals surface area (Å²) in [6.07, 6.45) is 0. The van der Waals surface area contributed by atoms with E-state index in [1.54, 1.807) is 0 Å². The molecule has 0 aliphatic heterocycles. The van der Waals surface area contributed by atoms with Gasteiger partial charge in [0.1, 0.15) is 5.82 Å². The lowest BCUT2D eigenvalue weighted by atomic mass is 10.3. The average molecular weight is 158 g/mol. The zero-order valence-electron chi connectivity index (χ0n) is 6.76. The SMILES string of the molecule is CC.[NH3+]c1ccc(F)cc1O. The van der Waals surface area contributed by atoms with Crippen LogP contribution in [0.3, 0.4) is 0 Å². The molecule has 0 bridgehead atoms. The second kappa shape index (κ2) is 4.68. The molecule has 0 aliphatic carbocycles. The van der Waals surface area contributed by atoms with Crippen LogP contribution in [0.4, 0.5) is 10.1 Å². The van der Waals surface area contributed by atoms with Crippen LogP contribution in [0.5, 0.6) is 5.75 Å². The highest BCUT2D eigenvalue weighted by atomic mass is 19.1. The molecule has 3 heteroatoms. The zero-order valence-corrected chi connectivity index (χ0v) is 6.76. The minimum Gasteiger partial charge on any atom is -0.503 e. The van der Waals surface area contributed by atoms with E-state index in [2.05, 4.69) is 5.73 Å². The van der Waals surface area contributed by atoms with E-state index in [0.717, 1.165) is 6.07 Å². The summed E-state index contributed by atoms with van der Waals surface area (Å²) < 4.78 is 12.2. The molecule has 0 aromatic heterocycles. The maximum absolute atomic E-state index is 12.2. The molecular weight excluding hydrogens is 145 g/mol. The molecule has 1 aromatic carbocycles. The molecule has 1 aromatic rings. The molecule has 0 unspecified atom stereocenters. The molecule has 0 heterocycles. The molecule has 0 atom stereocenters. The first kappa shape index (κ1) is 9.91. The van der Waals surface area contributed by atoms with E-state index in [9.17, 15) is 4.39 Å². The predicted octanol–water partition coefficient (Wildman–Crippen LogP) is 1.43. The van der Waals surface area contributed by atoms with Gasteiger partial charge in [0.15, 0.2) is 11.4 Å². The van der Waals surface area contributed by atoms with Crippen LogP contribution in [0.15, 0.2) is 18.2 Å². The van der Waals surface area contributed by atoms with Crippen molar-refractivity contribution in [1.82, 2.24) is 0 Å². The summed E-state index contributed by atoms with van der Waals surface area (Å²) in [5.41, 5.74) is 3.89. The van der Waals surface area contributed by atoms with Gasteiger partial charge in [-0.25, -0.2) is 4.39 Å². The van der Waals surface area contributed by atoms with E-state index in [1.165, 1.54) is 12.1 Å². The molecule has 0 radical (unpaired) electrons. The first-order valence-corrected chi connectivity index (χ1v) is 3.50. The quantitative estimate of drug-likeness (QED) is 0.589. The molecule has 0 fully saturated rings. The van der Waals surface area contributed by atoms with E-state index in [1.807, 2.05) is 13.8 Å². The molecule has 0 aliphatic rings. The van der Waals surface area contributed by atoms with Gasteiger partial charge in [-0.15, -0.1) is 0 Å². The van der Waals surface area contributed by atoms with Crippen molar-refractivity contribution >= 4 is 5.69 Å². The Morgan fingerprint density at radius 1 is 1.36 bits per heavy atom. The Bertz CT molecular complexity index is 225. The number of benzene rings is 1. The van der Waals surface area contributed by atoms with Gasteiger partial charge in [0, 0.05) is 12.1 Å². The van der Waals surface area contributed by atoms with E-state index in [4.69, 9.17) is 5.11 Å². The van der Waals surface area contributed by atoms with Gasteiger partial charge in [-0.1, -0.05) is 13.8 Å². The van der Waals surface area contributed by atoms with Gasteiger partial charge in [0.2, 0.25) is 0 Å². The van der Waals surface area contributed by atoms with E-state index in [0.29, 0.717) is 5.69 Å². The smallest absolute Gasteiger partial charge is 0.179 e. The van der Waals surface area contributed by atoms with Crippen LogP contribution in [0.2, 0.25) is 0 Å². The Kier molecular flexibility index (Phi) is 4.22. The lowest BCUT2D eigenvalue weighted by Crippen LogP contribution is -2.40. The number of aromatic hydroxyl groups is 1. The van der Waals surface area contributed by atoms with Crippen LogP contribution in [0.25, 0.3) is 0 Å². The average Bonchev–Trinajstić information content (AvgIpc) is 2.02. The Balaban J connectivity index is 0.000000461. The maximum atomic E-state index is 12.2. The number of quaternary nitrogens is 1. The number of rotatable bonds is 0. The summed E-state index contributed by atoms with van der Waals surface area (Å²) >= 11 is 0. The number of phenolic OH excluding ortho intramolecular Hbond substituents is 1. The molecule has 0 spiro atoms. The summed E-state index contributed by atoms with van der Waals surface area (Å²) in [5.74, 6) is -0.546. The number of phenols is 1. The topological polar surface area (TPSA) is 47.9 Å². The molecule has 0 saturated heterocycles. The first-order valence-electron chi connectivity index (χ1n) is 3.50.